The second kappa shape index (κ2) is 6.39. The number of nitrogens with zero attached hydrogens (tertiary/aromatic N) is 3. The van der Waals surface area contributed by atoms with Gasteiger partial charge in [-0.2, -0.15) is 5.10 Å². The minimum Gasteiger partial charge on any atom is -0.465 e. The maximum Gasteiger partial charge on any atom is 0.320 e. The Kier molecular flexibility index (Phi) is 5.15. The second-order valence-electron chi connectivity index (χ2n) is 4.05. The van der Waals surface area contributed by atoms with E-state index in [1.165, 1.54) is 0 Å². The smallest absolute Gasteiger partial charge is 0.320 e. The normalized spacial score (nSPS) is 10.9. The molecule has 0 saturated heterocycles. The van der Waals surface area contributed by atoms with Crippen molar-refractivity contribution >= 4 is 5.97 Å². The van der Waals surface area contributed by atoms with E-state index in [2.05, 4.69) is 12.0 Å². The van der Waals surface area contributed by atoms with Crippen LogP contribution in [0.15, 0.2) is 6.20 Å². The van der Waals surface area contributed by atoms with Crippen LogP contribution < -0.4 is 0 Å². The Morgan fingerprint density at radius 1 is 1.53 bits per heavy atom. The van der Waals surface area contributed by atoms with Crippen LogP contribution in [0.1, 0.15) is 25.1 Å². The largest absolute Gasteiger partial charge is 0.465 e. The fraction of sp³-hybridized carbons (Fsp3) is 0.667. The van der Waals surface area contributed by atoms with Gasteiger partial charge in [0.1, 0.15) is 0 Å². The van der Waals surface area contributed by atoms with Gasteiger partial charge in [0.2, 0.25) is 0 Å². The van der Waals surface area contributed by atoms with E-state index in [-0.39, 0.29) is 5.97 Å². The summed E-state index contributed by atoms with van der Waals surface area (Å²) in [5.74, 6) is -0.185. The SMILES string of the molecule is CCOC(=O)CN(C)Cc1cnn(CC)c1C. The molecule has 1 heterocycles. The quantitative estimate of drug-likeness (QED) is 0.700. The minimum atomic E-state index is -0.185. The predicted molar refractivity (Wildman–Crippen MR) is 65.6 cm³/mol. The number of hydrogen-bond donors (Lipinski definition) is 0. The molecular formula is C12H21N3O2. The number of aromatic nitrogens is 2. The number of esters is 1. The summed E-state index contributed by atoms with van der Waals surface area (Å²) in [6.07, 6.45) is 1.86. The van der Waals surface area contributed by atoms with Gasteiger partial charge in [-0.05, 0) is 27.8 Å². The summed E-state index contributed by atoms with van der Waals surface area (Å²) in [7, 11) is 1.90. The van der Waals surface area contributed by atoms with Crippen molar-refractivity contribution in [3.05, 3.63) is 17.5 Å². The first-order valence-electron chi connectivity index (χ1n) is 5.93. The molecule has 0 saturated carbocycles. The lowest BCUT2D eigenvalue weighted by atomic mass is 10.2. The number of carbonyl (C=O) groups excluding carboxylic acids is 1. The molecule has 5 heteroatoms. The van der Waals surface area contributed by atoms with E-state index in [9.17, 15) is 4.79 Å². The highest BCUT2D eigenvalue weighted by atomic mass is 16.5. The summed E-state index contributed by atoms with van der Waals surface area (Å²) >= 11 is 0. The Balaban J connectivity index is 2.53. The van der Waals surface area contributed by atoms with Gasteiger partial charge in [0, 0.05) is 24.3 Å². The Hall–Kier alpha value is -1.36. The summed E-state index contributed by atoms with van der Waals surface area (Å²) in [6.45, 7) is 8.24. The molecule has 1 rings (SSSR count). The molecule has 0 N–H and O–H groups in total. The van der Waals surface area contributed by atoms with Crippen molar-refractivity contribution in [3.8, 4) is 0 Å². The van der Waals surface area contributed by atoms with Gasteiger partial charge in [0.15, 0.2) is 0 Å². The van der Waals surface area contributed by atoms with Crippen LogP contribution in [0.2, 0.25) is 0 Å². The molecule has 0 aliphatic carbocycles. The Morgan fingerprint density at radius 2 is 2.24 bits per heavy atom. The molecule has 1 aromatic heterocycles. The van der Waals surface area contributed by atoms with Crippen LogP contribution in [0.4, 0.5) is 0 Å². The number of ether oxygens (including phenoxy) is 1. The molecule has 0 unspecified atom stereocenters. The number of rotatable bonds is 6. The summed E-state index contributed by atoms with van der Waals surface area (Å²) in [5.41, 5.74) is 2.31. The van der Waals surface area contributed by atoms with E-state index in [4.69, 9.17) is 4.74 Å². The van der Waals surface area contributed by atoms with Crippen molar-refractivity contribution in [1.82, 2.24) is 14.7 Å². The van der Waals surface area contributed by atoms with Crippen molar-refractivity contribution in [2.75, 3.05) is 20.2 Å². The predicted octanol–water partition coefficient (Wildman–Crippen LogP) is 1.21. The van der Waals surface area contributed by atoms with Gasteiger partial charge in [-0.25, -0.2) is 0 Å². The second-order valence-corrected chi connectivity index (χ2v) is 4.05. The highest BCUT2D eigenvalue weighted by Crippen LogP contribution is 2.09. The van der Waals surface area contributed by atoms with Gasteiger partial charge < -0.3 is 4.74 Å². The van der Waals surface area contributed by atoms with Gasteiger partial charge in [-0.1, -0.05) is 0 Å². The van der Waals surface area contributed by atoms with Crippen LogP contribution in [0.25, 0.3) is 0 Å². The maximum atomic E-state index is 11.3. The lowest BCUT2D eigenvalue weighted by molar-refractivity contribution is -0.144. The van der Waals surface area contributed by atoms with Crippen molar-refractivity contribution in [2.45, 2.75) is 33.9 Å². The van der Waals surface area contributed by atoms with Gasteiger partial charge in [0.25, 0.3) is 0 Å². The first kappa shape index (κ1) is 13.7. The van der Waals surface area contributed by atoms with Crippen LogP contribution >= 0.6 is 0 Å². The average molecular weight is 239 g/mol. The summed E-state index contributed by atoms with van der Waals surface area (Å²) in [4.78, 5) is 13.2. The number of aryl methyl sites for hydroxylation is 1. The molecule has 0 spiro atoms. The van der Waals surface area contributed by atoms with E-state index >= 15 is 0 Å². The molecule has 0 fully saturated rings. The molecular weight excluding hydrogens is 218 g/mol. The molecule has 0 bridgehead atoms. The zero-order valence-corrected chi connectivity index (χ0v) is 11.1. The van der Waals surface area contributed by atoms with Crippen molar-refractivity contribution in [1.29, 1.82) is 0 Å². The lowest BCUT2D eigenvalue weighted by Crippen LogP contribution is -2.27. The number of carbonyl (C=O) groups is 1. The monoisotopic (exact) mass is 239 g/mol. The van der Waals surface area contributed by atoms with Crippen LogP contribution in [0, 0.1) is 6.92 Å². The van der Waals surface area contributed by atoms with Crippen molar-refractivity contribution in [3.63, 3.8) is 0 Å². The average Bonchev–Trinajstić information content (AvgIpc) is 2.60. The molecule has 0 aliphatic heterocycles. The zero-order valence-electron chi connectivity index (χ0n) is 11.1. The molecule has 1 aromatic rings. The van der Waals surface area contributed by atoms with Gasteiger partial charge >= 0.3 is 5.97 Å². The molecule has 0 radical (unpaired) electrons. The highest BCUT2D eigenvalue weighted by molar-refractivity contribution is 5.71. The molecule has 0 aliphatic rings. The van der Waals surface area contributed by atoms with Crippen LogP contribution in [0.3, 0.4) is 0 Å². The first-order valence-corrected chi connectivity index (χ1v) is 5.93. The van der Waals surface area contributed by atoms with E-state index in [1.807, 2.05) is 36.7 Å². The molecule has 96 valence electrons. The Labute approximate surface area is 102 Å². The van der Waals surface area contributed by atoms with Crippen molar-refractivity contribution in [2.24, 2.45) is 0 Å². The maximum absolute atomic E-state index is 11.3. The third-order valence-electron chi connectivity index (χ3n) is 2.65. The molecule has 0 atom stereocenters. The number of likely N-dealkylation sites (N-methyl/N-ethyl adjacent to an activating group) is 1. The summed E-state index contributed by atoms with van der Waals surface area (Å²) in [6, 6.07) is 0. The minimum absolute atomic E-state index is 0.185. The van der Waals surface area contributed by atoms with Gasteiger partial charge in [-0.15, -0.1) is 0 Å². The van der Waals surface area contributed by atoms with Crippen LogP contribution in [-0.4, -0.2) is 40.8 Å². The van der Waals surface area contributed by atoms with Crippen LogP contribution in [0.5, 0.6) is 0 Å². The fourth-order valence-electron chi connectivity index (χ4n) is 1.73. The molecule has 0 amide bonds. The summed E-state index contributed by atoms with van der Waals surface area (Å²) < 4.78 is 6.86. The molecule has 5 nitrogen and oxygen atoms in total. The third kappa shape index (κ3) is 3.85. The highest BCUT2D eigenvalue weighted by Gasteiger charge is 2.11. The molecule has 17 heavy (non-hydrogen) atoms. The van der Waals surface area contributed by atoms with E-state index in [0.29, 0.717) is 19.7 Å². The van der Waals surface area contributed by atoms with E-state index < -0.39 is 0 Å². The van der Waals surface area contributed by atoms with E-state index in [1.54, 1.807) is 0 Å². The fourth-order valence-corrected chi connectivity index (χ4v) is 1.73. The third-order valence-corrected chi connectivity index (χ3v) is 2.65. The first-order chi connectivity index (χ1) is 8.08. The van der Waals surface area contributed by atoms with Crippen molar-refractivity contribution < 1.29 is 9.53 Å². The molecule has 0 aromatic carbocycles. The topological polar surface area (TPSA) is 47.4 Å². The summed E-state index contributed by atoms with van der Waals surface area (Å²) in [5, 5.41) is 4.28. The zero-order chi connectivity index (χ0) is 12.8. The lowest BCUT2D eigenvalue weighted by Gasteiger charge is -2.15. The van der Waals surface area contributed by atoms with Gasteiger partial charge in [0.05, 0.1) is 19.3 Å². The number of hydrogen-bond acceptors (Lipinski definition) is 4. The van der Waals surface area contributed by atoms with Crippen LogP contribution in [-0.2, 0) is 22.6 Å². The van der Waals surface area contributed by atoms with E-state index in [0.717, 1.165) is 17.8 Å². The van der Waals surface area contributed by atoms with Gasteiger partial charge in [-0.3, -0.25) is 14.4 Å². The Morgan fingerprint density at radius 3 is 2.76 bits per heavy atom. The Bertz CT molecular complexity index is 374. The standard InChI is InChI=1S/C12H21N3O2/c1-5-15-10(3)11(7-13-15)8-14(4)9-12(16)17-6-2/h7H,5-6,8-9H2,1-4H3.